The number of nitrogens with zero attached hydrogens (tertiary/aromatic N) is 5. The zero-order chi connectivity index (χ0) is 13.9. The Morgan fingerprint density at radius 1 is 1.35 bits per heavy atom. The van der Waals surface area contributed by atoms with Crippen LogP contribution in [0.25, 0.3) is 5.78 Å². The average molecular weight is 295 g/mol. The van der Waals surface area contributed by atoms with Crippen molar-refractivity contribution in [3.05, 3.63) is 17.5 Å². The van der Waals surface area contributed by atoms with Crippen molar-refractivity contribution in [3.8, 4) is 0 Å². The van der Waals surface area contributed by atoms with E-state index in [1.165, 1.54) is 38.7 Å². The highest BCUT2D eigenvalue weighted by molar-refractivity contribution is 6.29. The minimum Gasteiger partial charge on any atom is -0.368 e. The lowest BCUT2D eigenvalue weighted by Gasteiger charge is -2.32. The highest BCUT2D eigenvalue weighted by atomic mass is 35.5. The van der Waals surface area contributed by atoms with Gasteiger partial charge in [-0.3, -0.25) is 4.90 Å². The fourth-order valence-corrected chi connectivity index (χ4v) is 2.83. The van der Waals surface area contributed by atoms with Crippen molar-refractivity contribution in [2.75, 3.05) is 25.0 Å². The van der Waals surface area contributed by atoms with Crippen LogP contribution in [-0.4, -0.2) is 50.2 Å². The summed E-state index contributed by atoms with van der Waals surface area (Å²) >= 11 is 6.00. The van der Waals surface area contributed by atoms with Crippen LogP contribution in [0.5, 0.6) is 0 Å². The Kier molecular flexibility index (Phi) is 4.03. The largest absolute Gasteiger partial charge is 0.368 e. The van der Waals surface area contributed by atoms with Crippen LogP contribution >= 0.6 is 11.6 Å². The molecule has 3 heterocycles. The summed E-state index contributed by atoms with van der Waals surface area (Å²) in [6.45, 7) is 5.49. The summed E-state index contributed by atoms with van der Waals surface area (Å²) in [7, 11) is 0. The Morgan fingerprint density at radius 2 is 2.15 bits per heavy atom. The molecule has 6 nitrogen and oxygen atoms in total. The van der Waals surface area contributed by atoms with Gasteiger partial charge in [-0.05, 0) is 32.9 Å². The number of likely N-dealkylation sites (tertiary alicyclic amines) is 1. The number of hydrogen-bond acceptors (Lipinski definition) is 5. The van der Waals surface area contributed by atoms with Gasteiger partial charge in [0.1, 0.15) is 17.3 Å². The van der Waals surface area contributed by atoms with E-state index in [1.807, 2.05) is 0 Å². The molecule has 0 spiro atoms. The minimum atomic E-state index is 0.429. The highest BCUT2D eigenvalue weighted by Gasteiger charge is 2.17. The molecule has 0 radical (unpaired) electrons. The third kappa shape index (κ3) is 2.86. The summed E-state index contributed by atoms with van der Waals surface area (Å²) in [5, 5.41) is 7.99. The lowest BCUT2D eigenvalue weighted by atomic mass is 10.1. The summed E-state index contributed by atoms with van der Waals surface area (Å²) in [6.07, 6.45) is 5.45. The van der Waals surface area contributed by atoms with Gasteiger partial charge in [-0.2, -0.15) is 19.6 Å². The summed E-state index contributed by atoms with van der Waals surface area (Å²) in [6, 6.07) is 2.27. The topological polar surface area (TPSA) is 58.4 Å². The molecule has 1 aliphatic rings. The van der Waals surface area contributed by atoms with Crippen molar-refractivity contribution in [2.24, 2.45) is 0 Å². The van der Waals surface area contributed by atoms with Gasteiger partial charge >= 0.3 is 0 Å². The molecule has 3 rings (SSSR count). The van der Waals surface area contributed by atoms with Crippen molar-refractivity contribution >= 4 is 23.2 Å². The van der Waals surface area contributed by atoms with Crippen molar-refractivity contribution < 1.29 is 0 Å². The Morgan fingerprint density at radius 3 is 2.95 bits per heavy atom. The Bertz CT molecular complexity index is 577. The third-order valence-electron chi connectivity index (χ3n) is 3.81. The van der Waals surface area contributed by atoms with Crippen molar-refractivity contribution in [3.63, 3.8) is 0 Å². The van der Waals surface area contributed by atoms with Gasteiger partial charge in [0.05, 0.1) is 0 Å². The van der Waals surface area contributed by atoms with E-state index in [4.69, 9.17) is 11.6 Å². The van der Waals surface area contributed by atoms with Crippen LogP contribution in [0.1, 0.15) is 26.2 Å². The van der Waals surface area contributed by atoms with Crippen LogP contribution in [0.2, 0.25) is 5.15 Å². The zero-order valence-corrected chi connectivity index (χ0v) is 12.3. The van der Waals surface area contributed by atoms with Crippen LogP contribution < -0.4 is 5.32 Å². The maximum absolute atomic E-state index is 6.00. The normalized spacial score (nSPS) is 18.3. The van der Waals surface area contributed by atoms with E-state index in [0.29, 0.717) is 17.0 Å². The summed E-state index contributed by atoms with van der Waals surface area (Å²) in [4.78, 5) is 10.7. The number of hydrogen-bond donors (Lipinski definition) is 1. The zero-order valence-electron chi connectivity index (χ0n) is 11.6. The van der Waals surface area contributed by atoms with Gasteiger partial charge < -0.3 is 5.32 Å². The standard InChI is InChI=1S/C13H19ClN6/c1-10(19-5-3-2-4-6-19)8-15-12-7-11(14)18-13-16-9-17-20(12)13/h7,9-10,15H,2-6,8H2,1H3. The van der Waals surface area contributed by atoms with Crippen LogP contribution in [-0.2, 0) is 0 Å². The van der Waals surface area contributed by atoms with Gasteiger partial charge in [0.2, 0.25) is 0 Å². The average Bonchev–Trinajstić information content (AvgIpc) is 2.93. The van der Waals surface area contributed by atoms with Gasteiger partial charge in [-0.25, -0.2) is 0 Å². The first kappa shape index (κ1) is 13.6. The van der Waals surface area contributed by atoms with Gasteiger partial charge in [0, 0.05) is 18.7 Å². The third-order valence-corrected chi connectivity index (χ3v) is 4.01. The Balaban J connectivity index is 1.68. The van der Waals surface area contributed by atoms with Crippen LogP contribution in [0, 0.1) is 0 Å². The van der Waals surface area contributed by atoms with E-state index < -0.39 is 0 Å². The molecule has 0 aromatic carbocycles. The molecule has 1 aliphatic heterocycles. The number of aromatic nitrogens is 4. The van der Waals surface area contributed by atoms with Crippen LogP contribution in [0.3, 0.4) is 0 Å². The molecule has 1 atom stereocenters. The molecule has 0 amide bonds. The molecule has 0 saturated carbocycles. The summed E-state index contributed by atoms with van der Waals surface area (Å²) in [5.41, 5.74) is 0. The first-order valence-electron chi connectivity index (χ1n) is 7.08. The lowest BCUT2D eigenvalue weighted by molar-refractivity contribution is 0.180. The number of rotatable bonds is 4. The summed E-state index contributed by atoms with van der Waals surface area (Å²) in [5.74, 6) is 1.35. The second-order valence-corrected chi connectivity index (χ2v) is 5.65. The predicted molar refractivity (Wildman–Crippen MR) is 79.2 cm³/mol. The Labute approximate surface area is 123 Å². The SMILES string of the molecule is CC(CNc1cc(Cl)nc2ncnn12)N1CCCCC1. The van der Waals surface area contributed by atoms with E-state index in [-0.39, 0.29) is 0 Å². The maximum atomic E-state index is 6.00. The van der Waals surface area contributed by atoms with E-state index in [0.717, 1.165) is 12.4 Å². The van der Waals surface area contributed by atoms with Gasteiger partial charge in [0.15, 0.2) is 0 Å². The predicted octanol–water partition coefficient (Wildman–Crippen LogP) is 2.06. The van der Waals surface area contributed by atoms with Crippen molar-refractivity contribution in [2.45, 2.75) is 32.2 Å². The van der Waals surface area contributed by atoms with Gasteiger partial charge in [-0.1, -0.05) is 18.0 Å². The Hall–Kier alpha value is -1.40. The second kappa shape index (κ2) is 5.93. The first-order valence-corrected chi connectivity index (χ1v) is 7.46. The first-order chi connectivity index (χ1) is 9.74. The van der Waals surface area contributed by atoms with E-state index >= 15 is 0 Å². The number of fused-ring (bicyclic) bond motifs is 1. The minimum absolute atomic E-state index is 0.429. The molecule has 1 saturated heterocycles. The number of piperidine rings is 1. The van der Waals surface area contributed by atoms with E-state index in [9.17, 15) is 0 Å². The molecule has 0 bridgehead atoms. The number of anilines is 1. The number of halogens is 1. The fraction of sp³-hybridized carbons (Fsp3) is 0.615. The van der Waals surface area contributed by atoms with Crippen molar-refractivity contribution in [1.29, 1.82) is 0 Å². The van der Waals surface area contributed by atoms with Gasteiger partial charge in [-0.15, -0.1) is 0 Å². The molecular weight excluding hydrogens is 276 g/mol. The molecule has 108 valence electrons. The monoisotopic (exact) mass is 294 g/mol. The lowest BCUT2D eigenvalue weighted by Crippen LogP contribution is -2.41. The highest BCUT2D eigenvalue weighted by Crippen LogP contribution is 2.16. The number of nitrogens with one attached hydrogen (secondary N) is 1. The molecule has 2 aromatic rings. The van der Waals surface area contributed by atoms with Crippen molar-refractivity contribution in [1.82, 2.24) is 24.5 Å². The second-order valence-electron chi connectivity index (χ2n) is 5.26. The van der Waals surface area contributed by atoms with E-state index in [2.05, 4.69) is 32.2 Å². The molecule has 1 fully saturated rings. The molecular formula is C13H19ClN6. The molecule has 20 heavy (non-hydrogen) atoms. The maximum Gasteiger partial charge on any atom is 0.255 e. The smallest absolute Gasteiger partial charge is 0.255 e. The fourth-order valence-electron chi connectivity index (χ4n) is 2.65. The van der Waals surface area contributed by atoms with Gasteiger partial charge in [0.25, 0.3) is 5.78 Å². The molecule has 2 aromatic heterocycles. The van der Waals surface area contributed by atoms with Crippen LogP contribution in [0.15, 0.2) is 12.4 Å². The molecule has 7 heteroatoms. The summed E-state index contributed by atoms with van der Waals surface area (Å²) < 4.78 is 1.68. The van der Waals surface area contributed by atoms with E-state index in [1.54, 1.807) is 10.6 Å². The van der Waals surface area contributed by atoms with Crippen LogP contribution in [0.4, 0.5) is 5.82 Å². The molecule has 1 unspecified atom stereocenters. The molecule has 0 aliphatic carbocycles. The quantitative estimate of drug-likeness (QED) is 0.875. The molecule has 1 N–H and O–H groups in total.